The van der Waals surface area contributed by atoms with Crippen molar-refractivity contribution in [2.45, 2.75) is 39.2 Å². The van der Waals surface area contributed by atoms with Crippen LogP contribution < -0.4 is 16.3 Å². The van der Waals surface area contributed by atoms with Gasteiger partial charge in [0.15, 0.2) is 0 Å². The van der Waals surface area contributed by atoms with Crippen molar-refractivity contribution in [3.63, 3.8) is 0 Å². The van der Waals surface area contributed by atoms with Crippen LogP contribution in [-0.4, -0.2) is 64.1 Å². The number of hydrogen-bond donors (Lipinski definition) is 4. The van der Waals surface area contributed by atoms with Crippen LogP contribution in [0, 0.1) is 5.92 Å². The van der Waals surface area contributed by atoms with Gasteiger partial charge in [0.1, 0.15) is 5.82 Å². The second-order valence-corrected chi connectivity index (χ2v) is 6.45. The molecule has 0 bridgehead atoms. The van der Waals surface area contributed by atoms with Gasteiger partial charge >= 0.3 is 5.69 Å². The molecule has 2 amide bonds. The van der Waals surface area contributed by atoms with E-state index in [0.29, 0.717) is 31.3 Å². The summed E-state index contributed by atoms with van der Waals surface area (Å²) in [6.45, 7) is 6.86. The van der Waals surface area contributed by atoms with Crippen molar-refractivity contribution in [1.82, 2.24) is 30.7 Å². The molecule has 1 aliphatic rings. The molecule has 9 nitrogen and oxygen atoms in total. The van der Waals surface area contributed by atoms with E-state index >= 15 is 0 Å². The van der Waals surface area contributed by atoms with E-state index in [0.717, 1.165) is 19.5 Å². The highest BCUT2D eigenvalue weighted by Crippen LogP contribution is 2.12. The first-order valence-electron chi connectivity index (χ1n) is 8.37. The van der Waals surface area contributed by atoms with E-state index < -0.39 is 6.04 Å². The van der Waals surface area contributed by atoms with Crippen LogP contribution in [0.2, 0.25) is 0 Å². The standard InChI is InChI=1S/C15H26N6O3/c1-10(2)4-7-21-8-6-17-14(23)11(21)9-13(22)16-5-3-12-18-15(24)20-19-12/h10-11H,3-9H2,1-2H3,(H,16,22)(H,17,23)(H2,18,19,20,24)/t11-/m0/s1. The Balaban J connectivity index is 1.80. The molecule has 0 radical (unpaired) electrons. The van der Waals surface area contributed by atoms with Gasteiger partial charge in [-0.2, -0.15) is 5.10 Å². The van der Waals surface area contributed by atoms with Crippen LogP contribution in [-0.2, 0) is 16.0 Å². The van der Waals surface area contributed by atoms with Crippen LogP contribution in [0.5, 0.6) is 0 Å². The summed E-state index contributed by atoms with van der Waals surface area (Å²) in [4.78, 5) is 39.7. The molecule has 0 saturated carbocycles. The fourth-order valence-electron chi connectivity index (χ4n) is 2.67. The third kappa shape index (κ3) is 5.48. The maximum Gasteiger partial charge on any atom is 0.340 e. The Morgan fingerprint density at radius 3 is 2.88 bits per heavy atom. The number of nitrogens with one attached hydrogen (secondary N) is 4. The number of H-pyrrole nitrogens is 2. The first-order chi connectivity index (χ1) is 11.5. The highest BCUT2D eigenvalue weighted by Gasteiger charge is 2.31. The minimum absolute atomic E-state index is 0.0863. The highest BCUT2D eigenvalue weighted by molar-refractivity contribution is 5.88. The number of hydrogen-bond acceptors (Lipinski definition) is 5. The van der Waals surface area contributed by atoms with Crippen molar-refractivity contribution in [3.05, 3.63) is 16.3 Å². The number of carbonyl (C=O) groups is 2. The third-order valence-corrected chi connectivity index (χ3v) is 4.05. The molecule has 1 saturated heterocycles. The molecule has 9 heteroatoms. The monoisotopic (exact) mass is 338 g/mol. The average molecular weight is 338 g/mol. The van der Waals surface area contributed by atoms with E-state index in [1.165, 1.54) is 0 Å². The van der Waals surface area contributed by atoms with Gasteiger partial charge in [0, 0.05) is 26.1 Å². The second kappa shape index (κ2) is 8.62. The number of nitrogens with zero attached hydrogens (tertiary/aromatic N) is 2. The van der Waals surface area contributed by atoms with Gasteiger partial charge in [0.25, 0.3) is 0 Å². The van der Waals surface area contributed by atoms with E-state index in [9.17, 15) is 14.4 Å². The second-order valence-electron chi connectivity index (χ2n) is 6.45. The number of aromatic nitrogens is 3. The Kier molecular flexibility index (Phi) is 6.53. The lowest BCUT2D eigenvalue weighted by Gasteiger charge is -2.35. The quantitative estimate of drug-likeness (QED) is 0.484. The molecule has 1 fully saturated rings. The van der Waals surface area contributed by atoms with Crippen molar-refractivity contribution in [2.24, 2.45) is 5.92 Å². The Morgan fingerprint density at radius 1 is 1.42 bits per heavy atom. The number of piperazine rings is 1. The predicted molar refractivity (Wildman–Crippen MR) is 88.4 cm³/mol. The van der Waals surface area contributed by atoms with Crippen LogP contribution >= 0.6 is 0 Å². The summed E-state index contributed by atoms with van der Waals surface area (Å²) < 4.78 is 0. The molecule has 2 rings (SSSR count). The van der Waals surface area contributed by atoms with E-state index in [1.807, 2.05) is 0 Å². The summed E-state index contributed by atoms with van der Waals surface area (Å²) in [5.41, 5.74) is -0.365. The molecule has 0 spiro atoms. The molecule has 0 aliphatic carbocycles. The minimum Gasteiger partial charge on any atom is -0.356 e. The highest BCUT2D eigenvalue weighted by atomic mass is 16.2. The number of rotatable bonds is 8. The summed E-state index contributed by atoms with van der Waals surface area (Å²) in [5, 5.41) is 11.6. The zero-order chi connectivity index (χ0) is 17.5. The molecule has 1 aromatic rings. The van der Waals surface area contributed by atoms with E-state index in [4.69, 9.17) is 0 Å². The van der Waals surface area contributed by atoms with Crippen LogP contribution in [0.25, 0.3) is 0 Å². The minimum atomic E-state index is -0.414. The number of carbonyl (C=O) groups excluding carboxylic acids is 2. The third-order valence-electron chi connectivity index (χ3n) is 4.05. The average Bonchev–Trinajstić information content (AvgIpc) is 2.93. The normalized spacial score (nSPS) is 18.6. The van der Waals surface area contributed by atoms with Crippen LogP contribution in [0.15, 0.2) is 4.79 Å². The van der Waals surface area contributed by atoms with Gasteiger partial charge in [0.05, 0.1) is 12.5 Å². The molecular formula is C15H26N6O3. The lowest BCUT2D eigenvalue weighted by molar-refractivity contribution is -0.134. The van der Waals surface area contributed by atoms with Crippen molar-refractivity contribution >= 4 is 11.8 Å². The number of amides is 2. The van der Waals surface area contributed by atoms with Crippen LogP contribution in [0.3, 0.4) is 0 Å². The van der Waals surface area contributed by atoms with Gasteiger partial charge in [0.2, 0.25) is 11.8 Å². The Morgan fingerprint density at radius 2 is 2.21 bits per heavy atom. The van der Waals surface area contributed by atoms with Crippen molar-refractivity contribution in [1.29, 1.82) is 0 Å². The van der Waals surface area contributed by atoms with Crippen LogP contribution in [0.1, 0.15) is 32.5 Å². The van der Waals surface area contributed by atoms with Crippen molar-refractivity contribution in [2.75, 3.05) is 26.2 Å². The summed E-state index contributed by atoms with van der Waals surface area (Å²) in [6, 6.07) is -0.414. The van der Waals surface area contributed by atoms with Gasteiger partial charge in [-0.25, -0.2) is 9.89 Å². The Hall–Kier alpha value is -2.16. The molecular weight excluding hydrogens is 312 g/mol. The van der Waals surface area contributed by atoms with Crippen molar-refractivity contribution < 1.29 is 9.59 Å². The smallest absolute Gasteiger partial charge is 0.340 e. The molecule has 24 heavy (non-hydrogen) atoms. The van der Waals surface area contributed by atoms with Crippen molar-refractivity contribution in [3.8, 4) is 0 Å². The molecule has 1 aliphatic heterocycles. The molecule has 1 aromatic heterocycles. The molecule has 0 unspecified atom stereocenters. The molecule has 0 aromatic carbocycles. The fourth-order valence-corrected chi connectivity index (χ4v) is 2.67. The topological polar surface area (TPSA) is 123 Å². The summed E-state index contributed by atoms with van der Waals surface area (Å²) in [6.07, 6.45) is 1.57. The zero-order valence-electron chi connectivity index (χ0n) is 14.2. The molecule has 134 valence electrons. The van der Waals surface area contributed by atoms with Gasteiger partial charge < -0.3 is 10.6 Å². The zero-order valence-corrected chi connectivity index (χ0v) is 14.2. The first kappa shape index (κ1) is 18.2. The lowest BCUT2D eigenvalue weighted by atomic mass is 10.1. The molecule has 4 N–H and O–H groups in total. The SMILES string of the molecule is CC(C)CCN1CCNC(=O)[C@@H]1CC(=O)NCCc1n[nH]c(=O)[nH]1. The predicted octanol–water partition coefficient (Wildman–Crippen LogP) is -1.01. The summed E-state index contributed by atoms with van der Waals surface area (Å²) >= 11 is 0. The van der Waals surface area contributed by atoms with Gasteiger partial charge in [-0.3, -0.25) is 19.5 Å². The van der Waals surface area contributed by atoms with Gasteiger partial charge in [-0.05, 0) is 18.9 Å². The van der Waals surface area contributed by atoms with E-state index in [1.54, 1.807) is 0 Å². The Bertz CT molecular complexity index is 608. The maximum atomic E-state index is 12.1. The first-order valence-corrected chi connectivity index (χ1v) is 8.37. The summed E-state index contributed by atoms with van der Waals surface area (Å²) in [7, 11) is 0. The Labute approximate surface area is 140 Å². The fraction of sp³-hybridized carbons (Fsp3) is 0.733. The molecule has 2 heterocycles. The van der Waals surface area contributed by atoms with Gasteiger partial charge in [-0.15, -0.1) is 0 Å². The maximum absolute atomic E-state index is 12.1. The van der Waals surface area contributed by atoms with Gasteiger partial charge in [-0.1, -0.05) is 13.8 Å². The van der Waals surface area contributed by atoms with Crippen LogP contribution in [0.4, 0.5) is 0 Å². The summed E-state index contributed by atoms with van der Waals surface area (Å²) in [5.74, 6) is 0.788. The van der Waals surface area contributed by atoms with E-state index in [2.05, 4.69) is 44.6 Å². The largest absolute Gasteiger partial charge is 0.356 e. The van der Waals surface area contributed by atoms with E-state index in [-0.39, 0.29) is 23.9 Å². The lowest BCUT2D eigenvalue weighted by Crippen LogP contribution is -2.56. The molecule has 1 atom stereocenters. The number of aromatic amines is 2.